The molecule has 1 saturated heterocycles. The molecule has 0 unspecified atom stereocenters. The number of amides is 2. The van der Waals surface area contributed by atoms with Gasteiger partial charge in [0.25, 0.3) is 5.03 Å². The van der Waals surface area contributed by atoms with Crippen LogP contribution in [0.5, 0.6) is 0 Å². The molecule has 3 atom stereocenters. The molecule has 1 aliphatic heterocycles. The lowest BCUT2D eigenvalue weighted by molar-refractivity contribution is -0.645. The Balaban J connectivity index is 1.54. The van der Waals surface area contributed by atoms with Gasteiger partial charge in [-0.15, -0.1) is 0 Å². The Hall–Kier alpha value is -3.11. The summed E-state index contributed by atoms with van der Waals surface area (Å²) >= 11 is 1.44. The standard InChI is InChI=1S/C26H29N3O5S/c1-2-27-26(31)28-21-7-5-6-20(14-21)25-33-22(17-35-24-8-3-4-13-29(24)32)15-23(34-25)19-11-9-18(16-30)10-12-19/h3-14,22-23,25,30H,2,15-17H2,1H3,(H2,27,28,31)/t22-,23+,25+/m1/s1. The first-order chi connectivity index (χ1) is 17.1. The first kappa shape index (κ1) is 25.0. The second-order valence-corrected chi connectivity index (χ2v) is 9.18. The first-order valence-corrected chi connectivity index (χ1v) is 12.5. The van der Waals surface area contributed by atoms with Crippen molar-refractivity contribution in [3.63, 3.8) is 0 Å². The Morgan fingerprint density at radius 2 is 1.94 bits per heavy atom. The average molecular weight is 496 g/mol. The monoisotopic (exact) mass is 495 g/mol. The molecule has 0 spiro atoms. The minimum absolute atomic E-state index is 0.0194. The molecule has 0 radical (unpaired) electrons. The van der Waals surface area contributed by atoms with Gasteiger partial charge in [-0.3, -0.25) is 0 Å². The summed E-state index contributed by atoms with van der Waals surface area (Å²) in [6.45, 7) is 2.37. The number of anilines is 1. The summed E-state index contributed by atoms with van der Waals surface area (Å²) in [6.07, 6.45) is 1.03. The Kier molecular flexibility index (Phi) is 8.59. The number of pyridine rings is 1. The molecule has 3 aromatic rings. The molecule has 1 fully saturated rings. The molecule has 4 rings (SSSR count). The van der Waals surface area contributed by atoms with Crippen LogP contribution in [-0.2, 0) is 16.1 Å². The minimum Gasteiger partial charge on any atom is -0.618 e. The van der Waals surface area contributed by atoms with Gasteiger partial charge in [-0.2, -0.15) is 4.73 Å². The summed E-state index contributed by atoms with van der Waals surface area (Å²) in [5.74, 6) is 0.578. The highest BCUT2D eigenvalue weighted by molar-refractivity contribution is 7.99. The maximum Gasteiger partial charge on any atom is 0.319 e. The van der Waals surface area contributed by atoms with E-state index in [9.17, 15) is 15.1 Å². The van der Waals surface area contributed by atoms with Crippen LogP contribution < -0.4 is 15.4 Å². The van der Waals surface area contributed by atoms with E-state index in [1.807, 2.05) is 61.5 Å². The van der Waals surface area contributed by atoms with Crippen molar-refractivity contribution in [1.29, 1.82) is 0 Å². The van der Waals surface area contributed by atoms with Crippen molar-refractivity contribution in [3.8, 4) is 0 Å². The summed E-state index contributed by atoms with van der Waals surface area (Å²) in [5, 5.41) is 27.6. The van der Waals surface area contributed by atoms with E-state index >= 15 is 0 Å². The van der Waals surface area contributed by atoms with Crippen LogP contribution in [0.25, 0.3) is 0 Å². The predicted molar refractivity (Wildman–Crippen MR) is 134 cm³/mol. The lowest BCUT2D eigenvalue weighted by atomic mass is 10.0. The molecule has 0 aliphatic carbocycles. The Bertz CT molecular complexity index is 1130. The summed E-state index contributed by atoms with van der Waals surface area (Å²) in [7, 11) is 0. The van der Waals surface area contributed by atoms with Crippen LogP contribution in [-0.4, -0.2) is 29.5 Å². The van der Waals surface area contributed by atoms with Crippen LogP contribution in [0.4, 0.5) is 10.5 Å². The molecular formula is C26H29N3O5S. The molecule has 2 aromatic carbocycles. The predicted octanol–water partition coefficient (Wildman–Crippen LogP) is 4.29. The number of aliphatic hydroxyl groups excluding tert-OH is 1. The lowest BCUT2D eigenvalue weighted by Crippen LogP contribution is -2.33. The quantitative estimate of drug-likeness (QED) is 0.245. The molecule has 0 saturated carbocycles. The van der Waals surface area contributed by atoms with Crippen LogP contribution in [0.3, 0.4) is 0 Å². The minimum atomic E-state index is -0.650. The van der Waals surface area contributed by atoms with Gasteiger partial charge in [-0.05, 0) is 36.2 Å². The molecule has 1 aromatic heterocycles. The SMILES string of the molecule is CCNC(=O)Nc1cccc([C@H]2O[C@@H](CSc3cccc[n+]3[O-])C[C@@H](c3ccc(CO)cc3)O2)c1. The smallest absolute Gasteiger partial charge is 0.319 e. The van der Waals surface area contributed by atoms with Crippen LogP contribution in [0.15, 0.2) is 78.0 Å². The highest BCUT2D eigenvalue weighted by atomic mass is 32.2. The number of ether oxygens (including phenoxy) is 2. The molecule has 1 aliphatic rings. The van der Waals surface area contributed by atoms with Gasteiger partial charge in [0, 0.05) is 42.1 Å². The fourth-order valence-electron chi connectivity index (χ4n) is 3.82. The largest absolute Gasteiger partial charge is 0.618 e. The highest BCUT2D eigenvalue weighted by Gasteiger charge is 2.32. The summed E-state index contributed by atoms with van der Waals surface area (Å²) < 4.78 is 13.5. The van der Waals surface area contributed by atoms with Gasteiger partial charge >= 0.3 is 6.03 Å². The second kappa shape index (κ2) is 12.0. The fourth-order valence-corrected chi connectivity index (χ4v) is 4.76. The van der Waals surface area contributed by atoms with Crippen molar-refractivity contribution in [2.45, 2.75) is 43.5 Å². The maximum atomic E-state index is 12.1. The van der Waals surface area contributed by atoms with E-state index in [-0.39, 0.29) is 24.8 Å². The average Bonchev–Trinajstić information content (AvgIpc) is 2.88. The third-order valence-electron chi connectivity index (χ3n) is 5.57. The number of carbonyl (C=O) groups excluding carboxylic acids is 1. The van der Waals surface area contributed by atoms with Crippen molar-refractivity contribution < 1.29 is 24.1 Å². The zero-order chi connectivity index (χ0) is 24.6. The molecular weight excluding hydrogens is 466 g/mol. The van der Waals surface area contributed by atoms with Crippen molar-refractivity contribution in [2.24, 2.45) is 0 Å². The molecule has 184 valence electrons. The lowest BCUT2D eigenvalue weighted by Gasteiger charge is -2.36. The van der Waals surface area contributed by atoms with E-state index in [2.05, 4.69) is 10.6 Å². The number of benzene rings is 2. The summed E-state index contributed by atoms with van der Waals surface area (Å²) in [5.41, 5.74) is 3.24. The van der Waals surface area contributed by atoms with Crippen molar-refractivity contribution in [3.05, 3.63) is 94.8 Å². The van der Waals surface area contributed by atoms with Crippen molar-refractivity contribution in [1.82, 2.24) is 5.32 Å². The Morgan fingerprint density at radius 3 is 2.69 bits per heavy atom. The molecule has 0 bridgehead atoms. The molecule has 8 nitrogen and oxygen atoms in total. The van der Waals surface area contributed by atoms with E-state index < -0.39 is 6.29 Å². The maximum absolute atomic E-state index is 12.1. The van der Waals surface area contributed by atoms with Gasteiger partial charge in [-0.25, -0.2) is 4.79 Å². The Labute approximate surface area is 208 Å². The van der Waals surface area contributed by atoms with Crippen LogP contribution in [0.2, 0.25) is 0 Å². The van der Waals surface area contributed by atoms with E-state index in [1.165, 1.54) is 18.0 Å². The number of nitrogens with one attached hydrogen (secondary N) is 2. The van der Waals surface area contributed by atoms with E-state index in [1.54, 1.807) is 12.1 Å². The number of rotatable bonds is 8. The van der Waals surface area contributed by atoms with Crippen LogP contribution in [0, 0.1) is 5.21 Å². The van der Waals surface area contributed by atoms with Gasteiger partial charge in [0.05, 0.1) is 18.8 Å². The van der Waals surface area contributed by atoms with E-state index in [0.717, 1.165) is 21.4 Å². The molecule has 35 heavy (non-hydrogen) atoms. The Morgan fingerprint density at radius 1 is 1.11 bits per heavy atom. The molecule has 3 N–H and O–H groups in total. The highest BCUT2D eigenvalue weighted by Crippen LogP contribution is 2.39. The van der Waals surface area contributed by atoms with Gasteiger partial charge in [-0.1, -0.05) is 48.2 Å². The number of hydrogen-bond donors (Lipinski definition) is 3. The number of nitrogens with zero attached hydrogens (tertiary/aromatic N) is 1. The zero-order valence-corrected chi connectivity index (χ0v) is 20.2. The number of aromatic nitrogens is 1. The fraction of sp³-hybridized carbons (Fsp3) is 0.308. The van der Waals surface area contributed by atoms with Gasteiger partial charge in [0.2, 0.25) is 0 Å². The molecule has 2 heterocycles. The number of carbonyl (C=O) groups is 1. The number of hydrogen-bond acceptors (Lipinski definition) is 6. The summed E-state index contributed by atoms with van der Waals surface area (Å²) in [4.78, 5) is 12.0. The third kappa shape index (κ3) is 6.73. The van der Waals surface area contributed by atoms with Crippen LogP contribution in [0.1, 0.15) is 42.4 Å². The summed E-state index contributed by atoms with van der Waals surface area (Å²) in [6, 6.07) is 20.1. The normalized spacial score (nSPS) is 19.8. The third-order valence-corrected chi connectivity index (χ3v) is 6.72. The van der Waals surface area contributed by atoms with Crippen LogP contribution >= 0.6 is 11.8 Å². The topological polar surface area (TPSA) is 107 Å². The van der Waals surface area contributed by atoms with Crippen molar-refractivity contribution in [2.75, 3.05) is 17.6 Å². The second-order valence-electron chi connectivity index (χ2n) is 8.14. The van der Waals surface area contributed by atoms with Gasteiger partial charge < -0.3 is 30.4 Å². The van der Waals surface area contributed by atoms with E-state index in [0.29, 0.717) is 29.4 Å². The number of aliphatic hydroxyl groups is 1. The number of urea groups is 1. The first-order valence-electron chi connectivity index (χ1n) is 11.5. The number of thioether (sulfide) groups is 1. The van der Waals surface area contributed by atoms with Gasteiger partial charge in [0.1, 0.15) is 0 Å². The van der Waals surface area contributed by atoms with E-state index in [4.69, 9.17) is 9.47 Å². The van der Waals surface area contributed by atoms with Gasteiger partial charge in [0.15, 0.2) is 12.5 Å². The molecule has 9 heteroatoms. The van der Waals surface area contributed by atoms with Crippen molar-refractivity contribution >= 4 is 23.5 Å². The zero-order valence-electron chi connectivity index (χ0n) is 19.4. The molecule has 2 amide bonds.